The van der Waals surface area contributed by atoms with Crippen molar-refractivity contribution in [1.82, 2.24) is 10.3 Å². The average molecular weight is 335 g/mol. The van der Waals surface area contributed by atoms with Gasteiger partial charge in [0, 0.05) is 29.9 Å². The van der Waals surface area contributed by atoms with Gasteiger partial charge in [-0.1, -0.05) is 18.2 Å². The number of hydrogen-bond acceptors (Lipinski definition) is 4. The molecule has 0 aliphatic rings. The Bertz CT molecular complexity index is 911. The van der Waals surface area contributed by atoms with Crippen LogP contribution >= 0.6 is 0 Å². The van der Waals surface area contributed by atoms with Gasteiger partial charge >= 0.3 is 0 Å². The van der Waals surface area contributed by atoms with Crippen molar-refractivity contribution in [3.05, 3.63) is 66.1 Å². The molecule has 0 fully saturated rings. The van der Waals surface area contributed by atoms with E-state index in [0.29, 0.717) is 29.3 Å². The Hall–Kier alpha value is -3.41. The summed E-state index contributed by atoms with van der Waals surface area (Å²) in [6, 6.07) is 14.1. The highest BCUT2D eigenvalue weighted by Gasteiger charge is 2.06. The smallest absolute Gasteiger partial charge is 0.251 e. The number of aromatic nitrogens is 1. The summed E-state index contributed by atoms with van der Waals surface area (Å²) in [5, 5.41) is 5.42. The molecular weight excluding hydrogens is 318 g/mol. The summed E-state index contributed by atoms with van der Waals surface area (Å²) in [6.07, 6.45) is 2.84. The molecule has 0 aliphatic carbocycles. The lowest BCUT2D eigenvalue weighted by atomic mass is 10.2. The number of amides is 2. The number of nitrogens with zero attached hydrogens (tertiary/aromatic N) is 1. The first-order valence-corrected chi connectivity index (χ1v) is 7.88. The highest BCUT2D eigenvalue weighted by atomic mass is 16.3. The van der Waals surface area contributed by atoms with Crippen LogP contribution in [0.4, 0.5) is 5.69 Å². The van der Waals surface area contributed by atoms with Gasteiger partial charge in [0.25, 0.3) is 5.91 Å². The molecule has 0 bridgehead atoms. The molecule has 1 aromatic heterocycles. The van der Waals surface area contributed by atoms with Crippen LogP contribution in [0.1, 0.15) is 23.2 Å². The molecule has 0 radical (unpaired) electrons. The van der Waals surface area contributed by atoms with Crippen LogP contribution < -0.4 is 10.6 Å². The van der Waals surface area contributed by atoms with Crippen molar-refractivity contribution in [3.63, 3.8) is 0 Å². The number of anilines is 1. The molecule has 0 saturated carbocycles. The van der Waals surface area contributed by atoms with Gasteiger partial charge in [0.15, 0.2) is 5.58 Å². The molecular formula is C19H17N3O3. The Morgan fingerprint density at radius 2 is 2.00 bits per heavy atom. The number of carbonyl (C=O) groups is 2. The Balaban J connectivity index is 1.67. The van der Waals surface area contributed by atoms with Crippen LogP contribution in [-0.4, -0.2) is 23.3 Å². The second-order valence-electron chi connectivity index (χ2n) is 5.28. The Morgan fingerprint density at radius 1 is 1.16 bits per heavy atom. The molecule has 2 amide bonds. The van der Waals surface area contributed by atoms with E-state index >= 15 is 0 Å². The van der Waals surface area contributed by atoms with E-state index in [1.54, 1.807) is 24.3 Å². The van der Waals surface area contributed by atoms with Crippen molar-refractivity contribution >= 4 is 34.7 Å². The third kappa shape index (κ3) is 4.11. The van der Waals surface area contributed by atoms with Crippen LogP contribution in [0.25, 0.3) is 17.2 Å². The predicted octanol–water partition coefficient (Wildman–Crippen LogP) is 3.23. The molecule has 25 heavy (non-hydrogen) atoms. The number of hydrogen-bond donors (Lipinski definition) is 2. The number of oxazole rings is 1. The summed E-state index contributed by atoms with van der Waals surface area (Å²) in [5.41, 5.74) is 2.42. The van der Waals surface area contributed by atoms with Crippen LogP contribution in [0.2, 0.25) is 0 Å². The Morgan fingerprint density at radius 3 is 2.80 bits per heavy atom. The summed E-state index contributed by atoms with van der Waals surface area (Å²) in [5.74, 6) is -0.164. The molecule has 1 heterocycles. The zero-order chi connectivity index (χ0) is 17.6. The van der Waals surface area contributed by atoms with Gasteiger partial charge in [-0.25, -0.2) is 4.98 Å². The van der Waals surface area contributed by atoms with E-state index in [1.165, 1.54) is 12.2 Å². The summed E-state index contributed by atoms with van der Waals surface area (Å²) in [4.78, 5) is 28.1. The monoisotopic (exact) mass is 335 g/mol. The largest absolute Gasteiger partial charge is 0.437 e. The van der Waals surface area contributed by atoms with E-state index in [2.05, 4.69) is 15.6 Å². The lowest BCUT2D eigenvalue weighted by Gasteiger charge is -2.05. The number of para-hydroxylation sites is 2. The highest BCUT2D eigenvalue weighted by Crippen LogP contribution is 2.16. The second-order valence-corrected chi connectivity index (χ2v) is 5.28. The van der Waals surface area contributed by atoms with Crippen molar-refractivity contribution in [2.45, 2.75) is 6.92 Å². The zero-order valence-electron chi connectivity index (χ0n) is 13.7. The third-order valence-corrected chi connectivity index (χ3v) is 3.42. The molecule has 0 spiro atoms. The molecule has 126 valence electrons. The van der Waals surface area contributed by atoms with Gasteiger partial charge in [-0.3, -0.25) is 9.59 Å². The second kappa shape index (κ2) is 7.44. The first-order valence-electron chi connectivity index (χ1n) is 7.88. The van der Waals surface area contributed by atoms with Crippen molar-refractivity contribution in [3.8, 4) is 0 Å². The van der Waals surface area contributed by atoms with Crippen molar-refractivity contribution in [2.24, 2.45) is 0 Å². The van der Waals surface area contributed by atoms with Crippen LogP contribution in [0.15, 0.2) is 59.0 Å². The molecule has 0 saturated heterocycles. The molecule has 0 atom stereocenters. The van der Waals surface area contributed by atoms with Crippen LogP contribution in [-0.2, 0) is 4.79 Å². The molecule has 0 aliphatic heterocycles. The van der Waals surface area contributed by atoms with Crippen molar-refractivity contribution < 1.29 is 14.0 Å². The molecule has 2 N–H and O–H groups in total. The molecule has 6 heteroatoms. The quantitative estimate of drug-likeness (QED) is 0.701. The first-order chi connectivity index (χ1) is 12.2. The zero-order valence-corrected chi connectivity index (χ0v) is 13.7. The minimum absolute atomic E-state index is 0.180. The van der Waals surface area contributed by atoms with Crippen LogP contribution in [0.5, 0.6) is 0 Å². The maximum absolute atomic E-state index is 12.0. The fourth-order valence-electron chi connectivity index (χ4n) is 2.29. The topological polar surface area (TPSA) is 84.2 Å². The third-order valence-electron chi connectivity index (χ3n) is 3.42. The van der Waals surface area contributed by atoms with Crippen LogP contribution in [0, 0.1) is 0 Å². The van der Waals surface area contributed by atoms with Gasteiger partial charge in [0.2, 0.25) is 11.8 Å². The maximum atomic E-state index is 12.0. The van der Waals surface area contributed by atoms with Gasteiger partial charge in [0.05, 0.1) is 0 Å². The van der Waals surface area contributed by atoms with Crippen molar-refractivity contribution in [1.29, 1.82) is 0 Å². The molecule has 2 aromatic carbocycles. The number of carbonyl (C=O) groups excluding carboxylic acids is 2. The molecule has 6 nitrogen and oxygen atoms in total. The minimum Gasteiger partial charge on any atom is -0.437 e. The van der Waals surface area contributed by atoms with Gasteiger partial charge in [0.1, 0.15) is 5.52 Å². The minimum atomic E-state index is -0.338. The Labute approximate surface area is 144 Å². The number of fused-ring (bicyclic) bond motifs is 1. The molecule has 3 rings (SSSR count). The predicted molar refractivity (Wildman–Crippen MR) is 96.1 cm³/mol. The van der Waals surface area contributed by atoms with Gasteiger partial charge in [-0.05, 0) is 37.3 Å². The lowest BCUT2D eigenvalue weighted by Crippen LogP contribution is -2.22. The van der Waals surface area contributed by atoms with Gasteiger partial charge < -0.3 is 15.1 Å². The van der Waals surface area contributed by atoms with Gasteiger partial charge in [-0.15, -0.1) is 0 Å². The normalized spacial score (nSPS) is 10.9. The highest BCUT2D eigenvalue weighted by molar-refractivity contribution is 6.03. The fraction of sp³-hybridized carbons (Fsp3) is 0.105. The Kier molecular flexibility index (Phi) is 4.89. The first kappa shape index (κ1) is 16.4. The lowest BCUT2D eigenvalue weighted by molar-refractivity contribution is -0.111. The summed E-state index contributed by atoms with van der Waals surface area (Å²) < 4.78 is 5.52. The maximum Gasteiger partial charge on any atom is 0.251 e. The van der Waals surface area contributed by atoms with E-state index in [-0.39, 0.29) is 11.8 Å². The summed E-state index contributed by atoms with van der Waals surface area (Å²) in [6.45, 7) is 2.39. The fourth-order valence-corrected chi connectivity index (χ4v) is 2.29. The van der Waals surface area contributed by atoms with Crippen molar-refractivity contribution in [2.75, 3.05) is 11.9 Å². The van der Waals surface area contributed by atoms with Crippen LogP contribution in [0.3, 0.4) is 0 Å². The standard InChI is InChI=1S/C19H17N3O3/c1-2-20-19(24)13-6-5-7-14(12-13)21-17(23)10-11-18-22-15-8-3-4-9-16(15)25-18/h3-12H,2H2,1H3,(H,20,24)(H,21,23). The molecule has 0 unspecified atom stereocenters. The number of rotatable bonds is 5. The van der Waals surface area contributed by atoms with E-state index < -0.39 is 0 Å². The van der Waals surface area contributed by atoms with E-state index in [0.717, 1.165) is 5.52 Å². The summed E-state index contributed by atoms with van der Waals surface area (Å²) in [7, 11) is 0. The molecule has 3 aromatic rings. The number of benzene rings is 2. The SMILES string of the molecule is CCNC(=O)c1cccc(NC(=O)C=Cc2nc3ccccc3o2)c1. The van der Waals surface area contributed by atoms with E-state index in [1.807, 2.05) is 31.2 Å². The van der Waals surface area contributed by atoms with E-state index in [4.69, 9.17) is 4.42 Å². The number of nitrogens with one attached hydrogen (secondary N) is 2. The average Bonchev–Trinajstić information content (AvgIpc) is 3.03. The van der Waals surface area contributed by atoms with E-state index in [9.17, 15) is 9.59 Å². The summed E-state index contributed by atoms with van der Waals surface area (Å²) >= 11 is 0. The van der Waals surface area contributed by atoms with Gasteiger partial charge in [-0.2, -0.15) is 0 Å².